The highest BCUT2D eigenvalue weighted by atomic mass is 32.2. The number of anilines is 6. The highest BCUT2D eigenvalue weighted by molar-refractivity contribution is 8.17. The van der Waals surface area contributed by atoms with Crippen LogP contribution in [0.5, 0.6) is 0 Å². The third-order valence-electron chi connectivity index (χ3n) is 26.7. The van der Waals surface area contributed by atoms with E-state index in [-0.39, 0.29) is 10.8 Å². The van der Waals surface area contributed by atoms with Crippen LogP contribution >= 0.6 is 10.9 Å². The zero-order valence-corrected chi connectivity index (χ0v) is 66.6. The van der Waals surface area contributed by atoms with Gasteiger partial charge in [0.05, 0.1) is 16.5 Å². The van der Waals surface area contributed by atoms with E-state index in [1.807, 2.05) is 0 Å². The molecule has 3 heteroatoms. The summed E-state index contributed by atoms with van der Waals surface area (Å²) in [4.78, 5) is 9.12. The minimum Gasteiger partial charge on any atom is -0.310 e. The number of nitrogens with zero attached hydrogens (tertiary/aromatic N) is 2. The molecule has 2 unspecified atom stereocenters. The van der Waals surface area contributed by atoms with Gasteiger partial charge in [-0.15, -0.1) is 0 Å². The maximum Gasteiger partial charge on any atom is 0.0714 e. The zero-order valence-electron chi connectivity index (χ0n) is 65.7. The van der Waals surface area contributed by atoms with Crippen LogP contribution in [0.1, 0.15) is 94.5 Å². The molecule has 0 saturated heterocycles. The average Bonchev–Trinajstić information content (AvgIpc) is 1.55. The van der Waals surface area contributed by atoms with Crippen LogP contribution in [0.3, 0.4) is 0 Å². The molecule has 0 N–H and O–H groups in total. The molecular weight excluding hydrogens is 1430 g/mol. The lowest BCUT2D eigenvalue weighted by atomic mass is 9.67. The van der Waals surface area contributed by atoms with Crippen LogP contribution in [-0.2, 0) is 21.7 Å². The average molecular weight is 1510 g/mol. The van der Waals surface area contributed by atoms with E-state index in [0.717, 1.165) is 34.1 Å². The van der Waals surface area contributed by atoms with Crippen molar-refractivity contribution in [1.29, 1.82) is 0 Å². The Morgan fingerprint density at radius 1 is 0.214 bits per heavy atom. The quantitative estimate of drug-likeness (QED) is 0.115. The summed E-state index contributed by atoms with van der Waals surface area (Å²) < 4.78 is 0. The Hall–Kier alpha value is -13.8. The van der Waals surface area contributed by atoms with E-state index in [1.165, 1.54) is 170 Å². The van der Waals surface area contributed by atoms with Gasteiger partial charge in [-0.1, -0.05) is 355 Å². The minimum atomic E-state index is -1.09. The lowest BCUT2D eigenvalue weighted by Crippen LogP contribution is -2.28. The van der Waals surface area contributed by atoms with Crippen molar-refractivity contribution < 1.29 is 0 Å². The summed E-state index contributed by atoms with van der Waals surface area (Å²) in [7, 11) is -1.09. The Labute approximate surface area is 688 Å². The Morgan fingerprint density at radius 3 is 1.10 bits per heavy atom. The Balaban J connectivity index is 0.693. The van der Waals surface area contributed by atoms with Crippen molar-refractivity contribution >= 4 is 55.8 Å². The largest absolute Gasteiger partial charge is 0.310 e. The van der Waals surface area contributed by atoms with Gasteiger partial charge < -0.3 is 9.80 Å². The van der Waals surface area contributed by atoms with Crippen LogP contribution in [0.15, 0.2) is 433 Å². The van der Waals surface area contributed by atoms with Gasteiger partial charge in [-0.2, -0.15) is 10.9 Å². The van der Waals surface area contributed by atoms with Gasteiger partial charge in [0.15, 0.2) is 0 Å². The molecule has 0 bridgehead atoms. The Bertz CT molecular complexity index is 7050. The molecule has 2 nitrogen and oxygen atoms in total. The second kappa shape index (κ2) is 26.4. The molecule has 0 fully saturated rings. The van der Waals surface area contributed by atoms with Crippen molar-refractivity contribution in [1.82, 2.24) is 0 Å². The van der Waals surface area contributed by atoms with Gasteiger partial charge in [0.1, 0.15) is 0 Å². The van der Waals surface area contributed by atoms with Crippen molar-refractivity contribution in [3.05, 3.63) is 485 Å². The molecule has 1 heterocycles. The first kappa shape index (κ1) is 68.7. The van der Waals surface area contributed by atoms with Crippen molar-refractivity contribution in [2.45, 2.75) is 64.0 Å². The van der Waals surface area contributed by atoms with Crippen molar-refractivity contribution in [3.8, 4) is 77.9 Å². The normalized spacial score (nSPS) is 16.2. The predicted octanol–water partition coefficient (Wildman–Crippen LogP) is 29.9. The van der Waals surface area contributed by atoms with Crippen LogP contribution in [-0.4, -0.2) is 0 Å². The van der Waals surface area contributed by atoms with E-state index >= 15 is 0 Å². The fraction of sp³-hybridized carbons (Fsp3) is 0.0702. The molecule has 2 atom stereocenters. The number of hydrogen-bond acceptors (Lipinski definition) is 2. The molecule has 0 radical (unpaired) electrons. The molecule has 117 heavy (non-hydrogen) atoms. The van der Waals surface area contributed by atoms with Gasteiger partial charge in [-0.25, -0.2) is 0 Å². The molecule has 0 aromatic heterocycles. The molecule has 18 aromatic rings. The molecule has 0 saturated carbocycles. The maximum atomic E-state index is 2.60. The van der Waals surface area contributed by atoms with Gasteiger partial charge in [0, 0.05) is 54.6 Å². The lowest BCUT2D eigenvalue weighted by Gasteiger charge is -2.35. The molecule has 23 rings (SSSR count). The van der Waals surface area contributed by atoms with E-state index in [1.54, 1.807) is 0 Å². The smallest absolute Gasteiger partial charge is 0.0714 e. The number of rotatable bonds is 13. The first-order chi connectivity index (χ1) is 57.6. The number of benzene rings is 18. The van der Waals surface area contributed by atoms with Crippen LogP contribution < -0.4 is 9.80 Å². The fourth-order valence-corrected chi connectivity index (χ4v) is 24.4. The molecule has 0 spiro atoms. The van der Waals surface area contributed by atoms with E-state index in [2.05, 4.69) is 456 Å². The fourth-order valence-electron chi connectivity index (χ4n) is 21.8. The van der Waals surface area contributed by atoms with Gasteiger partial charge >= 0.3 is 0 Å². The molecular formula is C114H82N2S. The second-order valence-electron chi connectivity index (χ2n) is 33.3. The molecule has 5 aliphatic rings. The van der Waals surface area contributed by atoms with E-state index in [9.17, 15) is 0 Å². The zero-order chi connectivity index (χ0) is 77.9. The standard InChI is InChI=1S/C114H82N2S/c1-111(2)99-52-21-16-45-92(99)96-50-28-48-88(109(96)111)76-33-26-41-82(70-76)115(84-62-59-74-31-14-15-32-75(74)69-84)85-63-67-94-91-44-19-24-55-102(91)114(103(94)72-85,80-39-12-7-13-40-80)81-60-65-87(66-61-81)117-106-57-25-20-47-98(106)108-105(56-30-58-107(108)117)116(83-42-27-34-77(71-83)89-49-29-51-97-93-46-17-22-53-100(93)112(3,4)110(89)97)86-64-68-95-90-43-18-23-54-101(90)113(104(95)73-86,78-35-8-5-9-36-78)79-37-10-6-11-38-79/h5-73,117H,1-4H3. The summed E-state index contributed by atoms with van der Waals surface area (Å²) in [5.41, 5.74) is 38.1. The highest BCUT2D eigenvalue weighted by Crippen LogP contribution is 2.67. The predicted molar refractivity (Wildman–Crippen MR) is 490 cm³/mol. The van der Waals surface area contributed by atoms with Crippen molar-refractivity contribution in [2.24, 2.45) is 0 Å². The van der Waals surface area contributed by atoms with Gasteiger partial charge in [-0.05, 0) is 246 Å². The summed E-state index contributed by atoms with van der Waals surface area (Å²) in [6.45, 7) is 9.60. The second-order valence-corrected chi connectivity index (χ2v) is 35.5. The first-order valence-corrected chi connectivity index (χ1v) is 42.5. The highest BCUT2D eigenvalue weighted by Gasteiger charge is 2.49. The molecule has 1 aliphatic heterocycles. The van der Waals surface area contributed by atoms with Crippen LogP contribution in [0.25, 0.3) is 88.7 Å². The Morgan fingerprint density at radius 2 is 0.573 bits per heavy atom. The summed E-state index contributed by atoms with van der Waals surface area (Å²) >= 11 is 0. The summed E-state index contributed by atoms with van der Waals surface area (Å²) in [6, 6.07) is 160. The molecule has 4 aliphatic carbocycles. The number of hydrogen-bond donors (Lipinski definition) is 1. The van der Waals surface area contributed by atoms with Crippen LogP contribution in [0.2, 0.25) is 0 Å². The van der Waals surface area contributed by atoms with Crippen molar-refractivity contribution in [2.75, 3.05) is 9.80 Å². The summed E-state index contributed by atoms with van der Waals surface area (Å²) in [5, 5.41) is 2.40. The summed E-state index contributed by atoms with van der Waals surface area (Å²) in [6.07, 6.45) is 0. The molecule has 18 aromatic carbocycles. The molecule has 0 amide bonds. The van der Waals surface area contributed by atoms with Gasteiger partial charge in [-0.3, -0.25) is 0 Å². The van der Waals surface area contributed by atoms with Gasteiger partial charge in [0.25, 0.3) is 0 Å². The third-order valence-corrected chi connectivity index (χ3v) is 29.2. The first-order valence-electron chi connectivity index (χ1n) is 41.1. The van der Waals surface area contributed by atoms with E-state index < -0.39 is 21.7 Å². The van der Waals surface area contributed by atoms with E-state index in [4.69, 9.17) is 0 Å². The van der Waals surface area contributed by atoms with Crippen LogP contribution in [0.4, 0.5) is 34.1 Å². The molecule has 554 valence electrons. The number of fused-ring (bicyclic) bond motifs is 16. The number of thiol groups is 1. The monoisotopic (exact) mass is 1510 g/mol. The lowest BCUT2D eigenvalue weighted by molar-refractivity contribution is 0.662. The maximum absolute atomic E-state index is 2.60. The SMILES string of the molecule is CC1(C)c2ccccc2-c2cccc(-c3cccc(N(c4ccc5c(c4)C(c4ccccc4)(c4ccc([SH]6c7ccccc7-c7c(N(c8cccc(-c9cccc%10c9C(C)(C)c9ccccc9-%10)c8)c8ccc9c(c8)C(c8ccccc8)(c8ccccc8)c8ccccc8-9)cccc76)cc4)c4ccccc4-5)c4ccc5ccccc5c4)c3)c21. The summed E-state index contributed by atoms with van der Waals surface area (Å²) in [5.74, 6) is 0. The van der Waals surface area contributed by atoms with E-state index in [0.29, 0.717) is 0 Å². The van der Waals surface area contributed by atoms with Crippen molar-refractivity contribution in [3.63, 3.8) is 0 Å². The van der Waals surface area contributed by atoms with Crippen LogP contribution in [0, 0.1) is 0 Å². The third kappa shape index (κ3) is 10.1. The Kier molecular flexibility index (Phi) is 15.5. The topological polar surface area (TPSA) is 6.48 Å². The minimum absolute atomic E-state index is 0.186. The van der Waals surface area contributed by atoms with Gasteiger partial charge in [0.2, 0.25) is 0 Å².